The van der Waals surface area contributed by atoms with Crippen molar-refractivity contribution >= 4 is 17.9 Å². The summed E-state index contributed by atoms with van der Waals surface area (Å²) in [5, 5.41) is 0. The maximum absolute atomic E-state index is 12.9. The third-order valence-electron chi connectivity index (χ3n) is 16.6. The Hall–Kier alpha value is -2.37. The second-order valence-corrected chi connectivity index (χ2v) is 24.9. The van der Waals surface area contributed by atoms with Gasteiger partial charge >= 0.3 is 17.9 Å². The van der Waals surface area contributed by atoms with E-state index in [4.69, 9.17) is 14.2 Å². The maximum Gasteiger partial charge on any atom is 0.306 e. The lowest BCUT2D eigenvalue weighted by atomic mass is 10.0. The van der Waals surface area contributed by atoms with Gasteiger partial charge in [-0.05, 0) is 77.0 Å². The highest BCUT2D eigenvalue weighted by Gasteiger charge is 2.19. The van der Waals surface area contributed by atoms with Crippen molar-refractivity contribution in [3.63, 3.8) is 0 Å². The number of hydrogen-bond donors (Lipinski definition) is 0. The van der Waals surface area contributed by atoms with E-state index in [1.807, 2.05) is 0 Å². The highest BCUT2D eigenvalue weighted by Crippen LogP contribution is 2.19. The van der Waals surface area contributed by atoms with Crippen molar-refractivity contribution < 1.29 is 28.6 Å². The number of hydrogen-bond acceptors (Lipinski definition) is 6. The van der Waals surface area contributed by atoms with Crippen LogP contribution in [0, 0.1) is 0 Å². The summed E-state index contributed by atoms with van der Waals surface area (Å²) in [6.45, 7) is 6.67. The van der Waals surface area contributed by atoms with E-state index in [1.54, 1.807) is 0 Å². The van der Waals surface area contributed by atoms with Gasteiger partial charge in [0, 0.05) is 19.3 Å². The third-order valence-corrected chi connectivity index (χ3v) is 16.6. The van der Waals surface area contributed by atoms with E-state index >= 15 is 0 Å². The lowest BCUT2D eigenvalue weighted by molar-refractivity contribution is -0.167. The van der Waals surface area contributed by atoms with Gasteiger partial charge in [0.05, 0.1) is 0 Å². The third kappa shape index (κ3) is 68.3. The minimum atomic E-state index is -0.771. The Kier molecular flexibility index (Phi) is 68.1. The molecular formula is C75H140O6. The van der Waals surface area contributed by atoms with E-state index < -0.39 is 6.10 Å². The van der Waals surface area contributed by atoms with Gasteiger partial charge in [0.1, 0.15) is 13.2 Å². The number of unbranched alkanes of at least 4 members (excludes halogenated alkanes) is 51. The predicted molar refractivity (Wildman–Crippen MR) is 353 cm³/mol. The molecule has 0 saturated heterocycles. The first kappa shape index (κ1) is 78.6. The zero-order valence-electron chi connectivity index (χ0n) is 54.8. The number of allylic oxidation sites excluding steroid dienone is 6. The first-order valence-electron chi connectivity index (χ1n) is 36.5. The summed E-state index contributed by atoms with van der Waals surface area (Å²) in [7, 11) is 0. The van der Waals surface area contributed by atoms with Crippen LogP contribution in [0.25, 0.3) is 0 Å². The van der Waals surface area contributed by atoms with E-state index in [9.17, 15) is 14.4 Å². The molecular weight excluding hydrogens is 997 g/mol. The Morgan fingerprint density at radius 1 is 0.247 bits per heavy atom. The molecule has 0 aliphatic rings. The van der Waals surface area contributed by atoms with Gasteiger partial charge in [0.25, 0.3) is 0 Å². The summed E-state index contributed by atoms with van der Waals surface area (Å²) in [5.41, 5.74) is 0. The monoisotopic (exact) mass is 1140 g/mol. The van der Waals surface area contributed by atoms with Crippen molar-refractivity contribution in [2.75, 3.05) is 13.2 Å². The Morgan fingerprint density at radius 3 is 0.716 bits per heavy atom. The predicted octanol–water partition coefficient (Wildman–Crippen LogP) is 25.1. The minimum Gasteiger partial charge on any atom is -0.462 e. The lowest BCUT2D eigenvalue weighted by Gasteiger charge is -2.18. The molecule has 0 spiro atoms. The van der Waals surface area contributed by atoms with Gasteiger partial charge in [-0.3, -0.25) is 14.4 Å². The molecule has 0 aromatic rings. The maximum atomic E-state index is 12.9. The van der Waals surface area contributed by atoms with Crippen molar-refractivity contribution in [1.82, 2.24) is 0 Å². The van der Waals surface area contributed by atoms with Crippen LogP contribution in [-0.4, -0.2) is 37.2 Å². The van der Waals surface area contributed by atoms with Crippen LogP contribution in [0.3, 0.4) is 0 Å². The second-order valence-electron chi connectivity index (χ2n) is 24.9. The van der Waals surface area contributed by atoms with Gasteiger partial charge in [-0.15, -0.1) is 0 Å². The quantitative estimate of drug-likeness (QED) is 0.0261. The van der Waals surface area contributed by atoms with Gasteiger partial charge in [-0.2, -0.15) is 0 Å². The summed E-state index contributed by atoms with van der Waals surface area (Å²) in [5.74, 6) is -0.848. The highest BCUT2D eigenvalue weighted by atomic mass is 16.6. The summed E-state index contributed by atoms with van der Waals surface area (Å²) in [6, 6.07) is 0. The first-order valence-corrected chi connectivity index (χ1v) is 36.5. The minimum absolute atomic E-state index is 0.0680. The van der Waals surface area contributed by atoms with Crippen LogP contribution in [-0.2, 0) is 28.6 Å². The Morgan fingerprint density at radius 2 is 0.444 bits per heavy atom. The molecule has 6 nitrogen and oxygen atoms in total. The number of carbonyl (C=O) groups is 3. The molecule has 1 unspecified atom stereocenters. The van der Waals surface area contributed by atoms with Crippen LogP contribution < -0.4 is 0 Å². The molecule has 1 atom stereocenters. The average Bonchev–Trinajstić information content (AvgIpc) is 3.47. The Labute approximate surface area is 506 Å². The van der Waals surface area contributed by atoms with Crippen molar-refractivity contribution in [1.29, 1.82) is 0 Å². The lowest BCUT2D eigenvalue weighted by Crippen LogP contribution is -2.30. The zero-order chi connectivity index (χ0) is 58.5. The van der Waals surface area contributed by atoms with Gasteiger partial charge in [-0.25, -0.2) is 0 Å². The number of rotatable bonds is 68. The van der Waals surface area contributed by atoms with Crippen LogP contribution in [0.4, 0.5) is 0 Å². The van der Waals surface area contributed by atoms with E-state index in [-0.39, 0.29) is 31.1 Å². The van der Waals surface area contributed by atoms with Gasteiger partial charge in [-0.1, -0.05) is 346 Å². The molecule has 476 valence electrons. The number of esters is 3. The van der Waals surface area contributed by atoms with E-state index in [2.05, 4.69) is 57.2 Å². The van der Waals surface area contributed by atoms with Crippen molar-refractivity contribution in [2.24, 2.45) is 0 Å². The molecule has 0 rings (SSSR count). The molecule has 0 fully saturated rings. The molecule has 0 amide bonds. The smallest absolute Gasteiger partial charge is 0.306 e. The van der Waals surface area contributed by atoms with E-state index in [1.165, 1.54) is 295 Å². The molecule has 0 N–H and O–H groups in total. The molecule has 0 aliphatic heterocycles. The van der Waals surface area contributed by atoms with Crippen molar-refractivity contribution in [3.05, 3.63) is 36.5 Å². The number of ether oxygens (including phenoxy) is 3. The molecule has 81 heavy (non-hydrogen) atoms. The normalized spacial score (nSPS) is 12.2. The molecule has 0 aromatic carbocycles. The molecule has 0 radical (unpaired) electrons. The SMILES string of the molecule is CCCCC/C=C\CCCCCCCC(=O)OCC(COC(=O)CCCCCCCCCCCCCCCCCCCCCCCCC/C=C\C/C=C\CCCCCCC)OC(=O)CCCCCCCCCCCCCCCCCC. The van der Waals surface area contributed by atoms with Gasteiger partial charge < -0.3 is 14.2 Å². The molecule has 0 saturated carbocycles. The Balaban J connectivity index is 4.04. The van der Waals surface area contributed by atoms with Crippen LogP contribution in [0.15, 0.2) is 36.5 Å². The highest BCUT2D eigenvalue weighted by molar-refractivity contribution is 5.71. The van der Waals surface area contributed by atoms with Crippen LogP contribution in [0.5, 0.6) is 0 Å². The van der Waals surface area contributed by atoms with Crippen LogP contribution >= 0.6 is 0 Å². The molecule has 0 aromatic heterocycles. The fourth-order valence-corrected chi connectivity index (χ4v) is 11.1. The fourth-order valence-electron chi connectivity index (χ4n) is 11.1. The molecule has 0 heterocycles. The van der Waals surface area contributed by atoms with Gasteiger partial charge in [0.2, 0.25) is 0 Å². The molecule has 0 bridgehead atoms. The molecule has 0 aliphatic carbocycles. The summed E-state index contributed by atoms with van der Waals surface area (Å²) < 4.78 is 17.0. The first-order chi connectivity index (χ1) is 40.0. The van der Waals surface area contributed by atoms with Crippen LogP contribution in [0.1, 0.15) is 406 Å². The molecule has 6 heteroatoms. The van der Waals surface area contributed by atoms with E-state index in [0.717, 1.165) is 70.6 Å². The average molecular weight is 1140 g/mol. The number of carbonyl (C=O) groups excluding carboxylic acids is 3. The largest absolute Gasteiger partial charge is 0.462 e. The van der Waals surface area contributed by atoms with E-state index in [0.29, 0.717) is 19.3 Å². The fraction of sp³-hybridized carbons (Fsp3) is 0.880. The van der Waals surface area contributed by atoms with Crippen molar-refractivity contribution in [2.45, 2.75) is 412 Å². The van der Waals surface area contributed by atoms with Crippen LogP contribution in [0.2, 0.25) is 0 Å². The zero-order valence-corrected chi connectivity index (χ0v) is 54.8. The topological polar surface area (TPSA) is 78.9 Å². The summed E-state index contributed by atoms with van der Waals surface area (Å²) in [4.78, 5) is 38.3. The standard InChI is InChI=1S/C75H140O6/c1-4-7-10-13-16-19-22-25-27-29-30-31-32-33-34-35-36-37-38-39-40-41-42-43-44-45-46-47-49-50-53-56-59-62-65-68-74(77)80-71-72(70-79-73(76)67-64-61-58-55-52-24-21-18-15-12-9-6-3)81-75(78)69-66-63-60-57-54-51-48-28-26-23-20-17-14-11-8-5-2/h18,21-22,25,29-30,72H,4-17,19-20,23-24,26-28,31-71H2,1-3H3/b21-18-,25-22-,30-29-. The Bertz CT molecular complexity index is 1350. The van der Waals surface area contributed by atoms with Crippen molar-refractivity contribution in [3.8, 4) is 0 Å². The van der Waals surface area contributed by atoms with Gasteiger partial charge in [0.15, 0.2) is 6.10 Å². The second kappa shape index (κ2) is 70.1. The summed E-state index contributed by atoms with van der Waals surface area (Å²) >= 11 is 0. The summed E-state index contributed by atoms with van der Waals surface area (Å²) in [6.07, 6.45) is 87.7.